The highest BCUT2D eigenvalue weighted by atomic mass is 35.5. The van der Waals surface area contributed by atoms with Crippen LogP contribution >= 0.6 is 11.6 Å². The summed E-state index contributed by atoms with van der Waals surface area (Å²) in [5.41, 5.74) is 0.148. The molecule has 0 fully saturated rings. The normalized spacial score (nSPS) is 11.2. The van der Waals surface area contributed by atoms with Crippen LogP contribution in [0.1, 0.15) is 12.0 Å². The largest absolute Gasteiger partial charge is 0.320 e. The van der Waals surface area contributed by atoms with Gasteiger partial charge in [0.05, 0.1) is 15.5 Å². The SMILES string of the molecule is CNCCCNS(=O)(=O)c1ccc(Cl)c(C#N)c1. The minimum Gasteiger partial charge on any atom is -0.320 e. The number of benzene rings is 1. The number of nitriles is 1. The average Bonchev–Trinajstić information content (AvgIpc) is 2.35. The van der Waals surface area contributed by atoms with Gasteiger partial charge in [-0.05, 0) is 38.2 Å². The van der Waals surface area contributed by atoms with Gasteiger partial charge in [0.1, 0.15) is 6.07 Å². The van der Waals surface area contributed by atoms with Crippen molar-refractivity contribution in [2.75, 3.05) is 20.1 Å². The number of halogens is 1. The lowest BCUT2D eigenvalue weighted by atomic mass is 10.2. The molecule has 0 aliphatic rings. The van der Waals surface area contributed by atoms with Gasteiger partial charge < -0.3 is 5.32 Å². The number of nitrogens with zero attached hydrogens (tertiary/aromatic N) is 1. The number of hydrogen-bond acceptors (Lipinski definition) is 4. The van der Waals surface area contributed by atoms with Gasteiger partial charge in [0.2, 0.25) is 10.0 Å². The van der Waals surface area contributed by atoms with E-state index in [0.29, 0.717) is 13.0 Å². The van der Waals surface area contributed by atoms with Crippen LogP contribution in [0.5, 0.6) is 0 Å². The van der Waals surface area contributed by atoms with Gasteiger partial charge in [-0.1, -0.05) is 11.6 Å². The molecule has 0 aliphatic carbocycles. The molecule has 0 saturated carbocycles. The summed E-state index contributed by atoms with van der Waals surface area (Å²) in [5, 5.41) is 12.0. The summed E-state index contributed by atoms with van der Waals surface area (Å²) < 4.78 is 26.2. The van der Waals surface area contributed by atoms with Crippen LogP contribution in [0, 0.1) is 11.3 Å². The fraction of sp³-hybridized carbons (Fsp3) is 0.364. The van der Waals surface area contributed by atoms with E-state index in [2.05, 4.69) is 10.0 Å². The quantitative estimate of drug-likeness (QED) is 0.768. The Balaban J connectivity index is 2.83. The van der Waals surface area contributed by atoms with E-state index >= 15 is 0 Å². The van der Waals surface area contributed by atoms with Gasteiger partial charge in [0.25, 0.3) is 0 Å². The highest BCUT2D eigenvalue weighted by Crippen LogP contribution is 2.19. The Morgan fingerprint density at radius 1 is 1.39 bits per heavy atom. The van der Waals surface area contributed by atoms with Crippen LogP contribution < -0.4 is 10.0 Å². The summed E-state index contributed by atoms with van der Waals surface area (Å²) in [6.07, 6.45) is 0.689. The maximum atomic E-state index is 11.9. The summed E-state index contributed by atoms with van der Waals surface area (Å²) in [7, 11) is -1.78. The molecular formula is C11H14ClN3O2S. The molecule has 0 saturated heterocycles. The van der Waals surface area contributed by atoms with Gasteiger partial charge in [-0.2, -0.15) is 5.26 Å². The van der Waals surface area contributed by atoms with E-state index in [0.717, 1.165) is 6.54 Å². The topological polar surface area (TPSA) is 82.0 Å². The zero-order chi connectivity index (χ0) is 13.6. The van der Waals surface area contributed by atoms with Gasteiger partial charge in [-0.25, -0.2) is 13.1 Å². The third-order valence-corrected chi connectivity index (χ3v) is 4.05. The van der Waals surface area contributed by atoms with Gasteiger partial charge in [-0.15, -0.1) is 0 Å². The lowest BCUT2D eigenvalue weighted by molar-refractivity contribution is 0.577. The summed E-state index contributed by atoms with van der Waals surface area (Å²) in [5.74, 6) is 0. The minimum absolute atomic E-state index is 0.0490. The average molecular weight is 288 g/mol. The Labute approximate surface area is 112 Å². The number of rotatable bonds is 6. The van der Waals surface area contributed by atoms with E-state index in [-0.39, 0.29) is 15.5 Å². The van der Waals surface area contributed by atoms with E-state index in [1.165, 1.54) is 18.2 Å². The predicted octanol–water partition coefficient (Wildman–Crippen LogP) is 1.10. The molecule has 7 heteroatoms. The molecule has 18 heavy (non-hydrogen) atoms. The minimum atomic E-state index is -3.58. The molecule has 0 aliphatic heterocycles. The molecule has 1 rings (SSSR count). The van der Waals surface area contributed by atoms with Crippen LogP contribution in [0.4, 0.5) is 0 Å². The first-order valence-corrected chi connectivity index (χ1v) is 7.21. The van der Waals surface area contributed by atoms with Crippen molar-refractivity contribution < 1.29 is 8.42 Å². The van der Waals surface area contributed by atoms with E-state index in [4.69, 9.17) is 16.9 Å². The van der Waals surface area contributed by atoms with Gasteiger partial charge in [0, 0.05) is 6.54 Å². The maximum absolute atomic E-state index is 11.9. The summed E-state index contributed by atoms with van der Waals surface area (Å²) in [4.78, 5) is 0.0490. The number of hydrogen-bond donors (Lipinski definition) is 2. The van der Waals surface area contributed by atoms with Crippen molar-refractivity contribution >= 4 is 21.6 Å². The van der Waals surface area contributed by atoms with Crippen molar-refractivity contribution in [3.05, 3.63) is 28.8 Å². The van der Waals surface area contributed by atoms with Crippen LogP contribution in [0.3, 0.4) is 0 Å². The Morgan fingerprint density at radius 3 is 2.72 bits per heavy atom. The first kappa shape index (κ1) is 14.9. The summed E-state index contributed by atoms with van der Waals surface area (Å²) >= 11 is 5.75. The first-order chi connectivity index (χ1) is 8.51. The van der Waals surface area contributed by atoms with Crippen LogP contribution in [0.2, 0.25) is 5.02 Å². The molecule has 2 N–H and O–H groups in total. The molecule has 0 spiro atoms. The smallest absolute Gasteiger partial charge is 0.240 e. The standard InChI is InChI=1S/C11H14ClN3O2S/c1-14-5-2-6-15-18(16,17)10-3-4-11(12)9(7-10)8-13/h3-4,7,14-15H,2,5-6H2,1H3. The van der Waals surface area contributed by atoms with Crippen LogP contribution in [0.25, 0.3) is 0 Å². The summed E-state index contributed by atoms with van der Waals surface area (Å²) in [6, 6.07) is 5.90. The Hall–Kier alpha value is -1.13. The lowest BCUT2D eigenvalue weighted by Crippen LogP contribution is -2.26. The van der Waals surface area contributed by atoms with Gasteiger partial charge in [-0.3, -0.25) is 0 Å². The van der Waals surface area contributed by atoms with Crippen molar-refractivity contribution in [3.8, 4) is 6.07 Å². The molecule has 0 unspecified atom stereocenters. The molecule has 0 heterocycles. The van der Waals surface area contributed by atoms with Gasteiger partial charge >= 0.3 is 0 Å². The molecule has 0 aromatic heterocycles. The van der Waals surface area contributed by atoms with E-state index in [1.807, 2.05) is 6.07 Å². The molecule has 1 aromatic carbocycles. The molecular weight excluding hydrogens is 274 g/mol. The van der Waals surface area contributed by atoms with Crippen molar-refractivity contribution in [2.45, 2.75) is 11.3 Å². The molecule has 0 amide bonds. The fourth-order valence-electron chi connectivity index (χ4n) is 1.31. The number of nitrogens with one attached hydrogen (secondary N) is 2. The van der Waals surface area contributed by atoms with E-state index < -0.39 is 10.0 Å². The highest BCUT2D eigenvalue weighted by molar-refractivity contribution is 7.89. The second kappa shape index (κ2) is 6.71. The molecule has 1 aromatic rings. The third kappa shape index (κ3) is 3.96. The zero-order valence-electron chi connectivity index (χ0n) is 9.90. The Bertz CT molecular complexity index is 552. The molecule has 0 bridgehead atoms. The van der Waals surface area contributed by atoms with E-state index in [1.54, 1.807) is 7.05 Å². The monoisotopic (exact) mass is 287 g/mol. The Morgan fingerprint density at radius 2 is 2.11 bits per heavy atom. The van der Waals surface area contributed by atoms with Gasteiger partial charge in [0.15, 0.2) is 0 Å². The second-order valence-electron chi connectivity index (χ2n) is 3.61. The van der Waals surface area contributed by atoms with Crippen LogP contribution in [0.15, 0.2) is 23.1 Å². The second-order valence-corrected chi connectivity index (χ2v) is 5.78. The Kier molecular flexibility index (Phi) is 5.56. The molecule has 98 valence electrons. The molecule has 5 nitrogen and oxygen atoms in total. The molecule has 0 radical (unpaired) electrons. The van der Waals surface area contributed by atoms with Crippen molar-refractivity contribution in [2.24, 2.45) is 0 Å². The summed E-state index contributed by atoms with van der Waals surface area (Å²) in [6.45, 7) is 1.07. The first-order valence-electron chi connectivity index (χ1n) is 5.35. The van der Waals surface area contributed by atoms with Crippen LogP contribution in [-0.4, -0.2) is 28.6 Å². The van der Waals surface area contributed by atoms with Crippen molar-refractivity contribution in [1.82, 2.24) is 10.0 Å². The third-order valence-electron chi connectivity index (χ3n) is 2.26. The highest BCUT2D eigenvalue weighted by Gasteiger charge is 2.14. The van der Waals surface area contributed by atoms with E-state index in [9.17, 15) is 8.42 Å². The fourth-order valence-corrected chi connectivity index (χ4v) is 2.57. The lowest BCUT2D eigenvalue weighted by Gasteiger charge is -2.07. The predicted molar refractivity (Wildman–Crippen MR) is 69.9 cm³/mol. The van der Waals surface area contributed by atoms with Crippen LogP contribution in [-0.2, 0) is 10.0 Å². The zero-order valence-corrected chi connectivity index (χ0v) is 11.5. The molecule has 0 atom stereocenters. The maximum Gasteiger partial charge on any atom is 0.240 e. The number of sulfonamides is 1. The van der Waals surface area contributed by atoms with Crippen molar-refractivity contribution in [1.29, 1.82) is 5.26 Å². The van der Waals surface area contributed by atoms with Crippen molar-refractivity contribution in [3.63, 3.8) is 0 Å².